The van der Waals surface area contributed by atoms with Crippen LogP contribution in [0, 0.1) is 19.7 Å². The Bertz CT molecular complexity index is 620. The van der Waals surface area contributed by atoms with Crippen molar-refractivity contribution < 1.29 is 9.18 Å². The fourth-order valence-corrected chi connectivity index (χ4v) is 2.07. The van der Waals surface area contributed by atoms with Crippen LogP contribution in [0.25, 0.3) is 0 Å². The predicted molar refractivity (Wildman–Crippen MR) is 70.8 cm³/mol. The summed E-state index contributed by atoms with van der Waals surface area (Å²) in [6.07, 6.45) is 0. The van der Waals surface area contributed by atoms with Crippen LogP contribution in [-0.4, -0.2) is 5.78 Å². The van der Waals surface area contributed by atoms with Gasteiger partial charge in [-0.1, -0.05) is 41.4 Å². The summed E-state index contributed by atoms with van der Waals surface area (Å²) in [5.74, 6) is -1.00. The van der Waals surface area contributed by atoms with Crippen LogP contribution in [0.4, 0.5) is 4.39 Å². The molecule has 0 heterocycles. The zero-order chi connectivity index (χ0) is 13.3. The monoisotopic (exact) mass is 262 g/mol. The Balaban J connectivity index is 2.51. The first kappa shape index (κ1) is 12.8. The Morgan fingerprint density at radius 2 is 1.83 bits per heavy atom. The molecule has 0 saturated carbocycles. The van der Waals surface area contributed by atoms with Gasteiger partial charge in [-0.2, -0.15) is 0 Å². The Kier molecular flexibility index (Phi) is 3.48. The molecule has 0 amide bonds. The number of rotatable bonds is 2. The number of halogens is 2. The fourth-order valence-electron chi connectivity index (χ4n) is 1.89. The molecule has 0 unspecified atom stereocenters. The summed E-state index contributed by atoms with van der Waals surface area (Å²) in [4.78, 5) is 12.3. The summed E-state index contributed by atoms with van der Waals surface area (Å²) in [6.45, 7) is 3.78. The lowest BCUT2D eigenvalue weighted by atomic mass is 9.97. The molecule has 2 aromatic rings. The van der Waals surface area contributed by atoms with Gasteiger partial charge in [0.25, 0.3) is 0 Å². The van der Waals surface area contributed by atoms with E-state index in [1.807, 2.05) is 26.0 Å². The number of hydrogen-bond donors (Lipinski definition) is 0. The predicted octanol–water partition coefficient (Wildman–Crippen LogP) is 4.33. The Morgan fingerprint density at radius 1 is 1.11 bits per heavy atom. The maximum Gasteiger partial charge on any atom is 0.196 e. The van der Waals surface area contributed by atoms with Crippen LogP contribution in [0.2, 0.25) is 5.02 Å². The van der Waals surface area contributed by atoms with Crippen molar-refractivity contribution in [2.75, 3.05) is 0 Å². The summed E-state index contributed by atoms with van der Waals surface area (Å²) < 4.78 is 13.8. The lowest BCUT2D eigenvalue weighted by Gasteiger charge is -2.07. The summed E-state index contributed by atoms with van der Waals surface area (Å²) in [6, 6.07) is 9.90. The zero-order valence-electron chi connectivity index (χ0n) is 10.1. The van der Waals surface area contributed by atoms with Crippen LogP contribution in [0.5, 0.6) is 0 Å². The molecule has 0 spiro atoms. The first-order chi connectivity index (χ1) is 8.50. The highest BCUT2D eigenvalue weighted by atomic mass is 35.5. The SMILES string of the molecule is Cc1ccc(C(=O)c2cccc(Cl)c2F)c(C)c1. The average molecular weight is 263 g/mol. The van der Waals surface area contributed by atoms with E-state index < -0.39 is 5.82 Å². The van der Waals surface area contributed by atoms with E-state index in [-0.39, 0.29) is 16.4 Å². The Morgan fingerprint density at radius 3 is 2.50 bits per heavy atom. The molecular weight excluding hydrogens is 251 g/mol. The summed E-state index contributed by atoms with van der Waals surface area (Å²) >= 11 is 5.68. The highest BCUT2D eigenvalue weighted by molar-refractivity contribution is 6.31. The molecule has 0 aromatic heterocycles. The summed E-state index contributed by atoms with van der Waals surface area (Å²) in [5.41, 5.74) is 2.41. The smallest absolute Gasteiger partial charge is 0.196 e. The van der Waals surface area contributed by atoms with E-state index >= 15 is 0 Å². The molecule has 2 rings (SSSR count). The van der Waals surface area contributed by atoms with Crippen LogP contribution < -0.4 is 0 Å². The lowest BCUT2D eigenvalue weighted by molar-refractivity contribution is 0.103. The van der Waals surface area contributed by atoms with E-state index in [0.717, 1.165) is 11.1 Å². The second-order valence-electron chi connectivity index (χ2n) is 4.25. The van der Waals surface area contributed by atoms with Gasteiger partial charge in [0.15, 0.2) is 11.6 Å². The van der Waals surface area contributed by atoms with Gasteiger partial charge in [-0.3, -0.25) is 4.79 Å². The first-order valence-corrected chi connectivity index (χ1v) is 5.94. The minimum absolute atomic E-state index is 0.00875. The van der Waals surface area contributed by atoms with Gasteiger partial charge in [0, 0.05) is 5.56 Å². The molecule has 0 bridgehead atoms. The van der Waals surface area contributed by atoms with E-state index in [0.29, 0.717) is 5.56 Å². The van der Waals surface area contributed by atoms with Gasteiger partial charge in [0.1, 0.15) is 0 Å². The number of carbonyl (C=O) groups is 1. The van der Waals surface area contributed by atoms with Crippen LogP contribution in [0.15, 0.2) is 36.4 Å². The van der Waals surface area contributed by atoms with Crippen molar-refractivity contribution in [1.29, 1.82) is 0 Å². The van der Waals surface area contributed by atoms with E-state index in [2.05, 4.69) is 0 Å². The van der Waals surface area contributed by atoms with Crippen LogP contribution in [0.1, 0.15) is 27.0 Å². The molecule has 0 aliphatic carbocycles. The van der Waals surface area contributed by atoms with Crippen molar-refractivity contribution in [2.24, 2.45) is 0 Å². The minimum atomic E-state index is -0.663. The van der Waals surface area contributed by atoms with Crippen LogP contribution >= 0.6 is 11.6 Å². The normalized spacial score (nSPS) is 10.4. The maximum atomic E-state index is 13.8. The van der Waals surface area contributed by atoms with Crippen molar-refractivity contribution >= 4 is 17.4 Å². The van der Waals surface area contributed by atoms with E-state index in [1.54, 1.807) is 12.1 Å². The molecule has 18 heavy (non-hydrogen) atoms. The standard InChI is InChI=1S/C15H12ClFO/c1-9-6-7-11(10(2)8-9)15(18)12-4-3-5-13(16)14(12)17/h3-8H,1-2H3. The van der Waals surface area contributed by atoms with Gasteiger partial charge >= 0.3 is 0 Å². The zero-order valence-corrected chi connectivity index (χ0v) is 10.9. The highest BCUT2D eigenvalue weighted by Gasteiger charge is 2.17. The molecule has 0 radical (unpaired) electrons. The number of ketones is 1. The molecule has 3 heteroatoms. The van der Waals surface area contributed by atoms with Crippen molar-refractivity contribution in [3.8, 4) is 0 Å². The third-order valence-corrected chi connectivity index (χ3v) is 3.11. The second-order valence-corrected chi connectivity index (χ2v) is 4.66. The minimum Gasteiger partial charge on any atom is -0.288 e. The van der Waals surface area contributed by atoms with Crippen molar-refractivity contribution in [1.82, 2.24) is 0 Å². The van der Waals surface area contributed by atoms with Gasteiger partial charge in [-0.15, -0.1) is 0 Å². The molecule has 92 valence electrons. The molecule has 0 aliphatic heterocycles. The Labute approximate surface area is 110 Å². The molecule has 0 fully saturated rings. The molecule has 0 N–H and O–H groups in total. The molecule has 0 atom stereocenters. The number of carbonyl (C=O) groups excluding carboxylic acids is 1. The lowest BCUT2D eigenvalue weighted by Crippen LogP contribution is -2.06. The van der Waals surface area contributed by atoms with E-state index in [1.165, 1.54) is 12.1 Å². The summed E-state index contributed by atoms with van der Waals surface area (Å²) in [5, 5.41) is -0.0365. The molecule has 2 aromatic carbocycles. The second kappa shape index (κ2) is 4.91. The average Bonchev–Trinajstić information content (AvgIpc) is 2.32. The molecule has 1 nitrogen and oxygen atoms in total. The van der Waals surface area contributed by atoms with Gasteiger partial charge in [-0.05, 0) is 31.5 Å². The van der Waals surface area contributed by atoms with Gasteiger partial charge in [0.2, 0.25) is 0 Å². The molecule has 0 saturated heterocycles. The number of aryl methyl sites for hydroxylation is 2. The van der Waals surface area contributed by atoms with Crippen molar-refractivity contribution in [2.45, 2.75) is 13.8 Å². The van der Waals surface area contributed by atoms with Crippen molar-refractivity contribution in [3.63, 3.8) is 0 Å². The highest BCUT2D eigenvalue weighted by Crippen LogP contribution is 2.22. The van der Waals surface area contributed by atoms with Crippen molar-refractivity contribution in [3.05, 3.63) is 69.5 Å². The van der Waals surface area contributed by atoms with Crippen LogP contribution in [0.3, 0.4) is 0 Å². The summed E-state index contributed by atoms with van der Waals surface area (Å²) in [7, 11) is 0. The number of benzene rings is 2. The number of hydrogen-bond acceptors (Lipinski definition) is 1. The van der Waals surface area contributed by atoms with Gasteiger partial charge in [-0.25, -0.2) is 4.39 Å². The van der Waals surface area contributed by atoms with Gasteiger partial charge in [0.05, 0.1) is 10.6 Å². The quantitative estimate of drug-likeness (QED) is 0.737. The molecule has 0 aliphatic rings. The van der Waals surface area contributed by atoms with Crippen LogP contribution in [-0.2, 0) is 0 Å². The topological polar surface area (TPSA) is 17.1 Å². The van der Waals surface area contributed by atoms with E-state index in [9.17, 15) is 9.18 Å². The third kappa shape index (κ3) is 2.29. The third-order valence-electron chi connectivity index (χ3n) is 2.82. The first-order valence-electron chi connectivity index (χ1n) is 5.56. The Hall–Kier alpha value is -1.67. The molecular formula is C15H12ClFO. The maximum absolute atomic E-state index is 13.8. The van der Waals surface area contributed by atoms with E-state index in [4.69, 9.17) is 11.6 Å². The van der Waals surface area contributed by atoms with Gasteiger partial charge < -0.3 is 0 Å². The largest absolute Gasteiger partial charge is 0.288 e. The fraction of sp³-hybridized carbons (Fsp3) is 0.133.